The van der Waals surface area contributed by atoms with Gasteiger partial charge in [0, 0.05) is 17.4 Å². The Balaban J connectivity index is 1.89. The van der Waals surface area contributed by atoms with Crippen LogP contribution < -0.4 is 14.2 Å². The molecule has 0 bridgehead atoms. The minimum atomic E-state index is -3.96. The lowest BCUT2D eigenvalue weighted by atomic mass is 10.3. The number of hydrogen-bond donors (Lipinski definition) is 1. The second-order valence-corrected chi connectivity index (χ2v) is 7.85. The Kier molecular flexibility index (Phi) is 5.33. The van der Waals surface area contributed by atoms with E-state index in [1.165, 1.54) is 30.3 Å². The predicted octanol–water partition coefficient (Wildman–Crippen LogP) is 3.96. The van der Waals surface area contributed by atoms with Gasteiger partial charge in [-0.3, -0.25) is 4.72 Å². The Morgan fingerprint density at radius 3 is 2.52 bits per heavy atom. The fraction of sp³-hybridized carbons (Fsp3) is 0.250. The summed E-state index contributed by atoms with van der Waals surface area (Å²) in [5.41, 5.74) is 0.0971. The van der Waals surface area contributed by atoms with Gasteiger partial charge in [0.2, 0.25) is 0 Å². The molecule has 0 saturated carbocycles. The smallest absolute Gasteiger partial charge is 0.288 e. The molecule has 0 radical (unpaired) electrons. The molecule has 0 fully saturated rings. The maximum atomic E-state index is 12.6. The molecule has 0 aromatic heterocycles. The first-order valence-electron chi connectivity index (χ1n) is 7.42. The van der Waals surface area contributed by atoms with Crippen LogP contribution in [0.3, 0.4) is 0 Å². The van der Waals surface area contributed by atoms with Crippen molar-refractivity contribution in [3.63, 3.8) is 0 Å². The van der Waals surface area contributed by atoms with Gasteiger partial charge in [-0.2, -0.15) is 8.78 Å². The third-order valence-electron chi connectivity index (χ3n) is 3.38. The Hall–Kier alpha value is -2.00. The molecule has 0 spiro atoms. The molecule has 1 aliphatic rings. The van der Waals surface area contributed by atoms with Gasteiger partial charge in [0.15, 0.2) is 11.5 Å². The third kappa shape index (κ3) is 4.35. The average Bonchev–Trinajstić information content (AvgIpc) is 2.80. The van der Waals surface area contributed by atoms with E-state index < -0.39 is 15.8 Å². The minimum Gasteiger partial charge on any atom is -0.490 e. The van der Waals surface area contributed by atoms with Crippen molar-refractivity contribution in [2.45, 2.75) is 22.0 Å². The second kappa shape index (κ2) is 7.49. The number of nitrogens with one attached hydrogen (secondary N) is 1. The Morgan fingerprint density at radius 2 is 1.76 bits per heavy atom. The molecule has 1 heterocycles. The van der Waals surface area contributed by atoms with E-state index in [9.17, 15) is 17.2 Å². The van der Waals surface area contributed by atoms with E-state index in [2.05, 4.69) is 4.72 Å². The van der Waals surface area contributed by atoms with E-state index in [-0.39, 0.29) is 27.2 Å². The molecule has 3 rings (SSSR count). The zero-order chi connectivity index (χ0) is 17.9. The maximum Gasteiger partial charge on any atom is 0.288 e. The number of rotatable bonds is 5. The average molecular weight is 387 g/mol. The van der Waals surface area contributed by atoms with Crippen molar-refractivity contribution >= 4 is 27.5 Å². The van der Waals surface area contributed by atoms with Crippen LogP contribution in [-0.2, 0) is 10.0 Å². The third-order valence-corrected chi connectivity index (χ3v) is 5.53. The van der Waals surface area contributed by atoms with E-state index in [0.717, 1.165) is 0 Å². The molecule has 5 nitrogen and oxygen atoms in total. The van der Waals surface area contributed by atoms with Crippen molar-refractivity contribution in [3.8, 4) is 11.5 Å². The molecule has 134 valence electrons. The van der Waals surface area contributed by atoms with Crippen LogP contribution in [0.25, 0.3) is 0 Å². The SMILES string of the molecule is O=S(=O)(Nc1ccccc1SC(F)F)c1ccc2c(c1)OCCCO2. The highest BCUT2D eigenvalue weighted by atomic mass is 32.2. The number of sulfonamides is 1. The lowest BCUT2D eigenvalue weighted by Gasteiger charge is -2.13. The molecule has 25 heavy (non-hydrogen) atoms. The number of para-hydroxylation sites is 1. The highest BCUT2D eigenvalue weighted by Gasteiger charge is 2.20. The number of fused-ring (bicyclic) bond motifs is 1. The van der Waals surface area contributed by atoms with Gasteiger partial charge < -0.3 is 9.47 Å². The van der Waals surface area contributed by atoms with Gasteiger partial charge in [0.05, 0.1) is 23.8 Å². The van der Waals surface area contributed by atoms with Crippen LogP contribution in [0.15, 0.2) is 52.3 Å². The van der Waals surface area contributed by atoms with E-state index in [1.807, 2.05) is 0 Å². The van der Waals surface area contributed by atoms with Gasteiger partial charge in [-0.1, -0.05) is 23.9 Å². The van der Waals surface area contributed by atoms with Gasteiger partial charge in [-0.15, -0.1) is 0 Å². The predicted molar refractivity (Wildman–Crippen MR) is 91.2 cm³/mol. The number of thioether (sulfide) groups is 1. The number of halogens is 2. The number of hydrogen-bond acceptors (Lipinski definition) is 5. The zero-order valence-electron chi connectivity index (χ0n) is 12.9. The number of anilines is 1. The molecule has 1 N–H and O–H groups in total. The molecular formula is C16H15F2NO4S2. The molecule has 0 atom stereocenters. The van der Waals surface area contributed by atoms with Crippen molar-refractivity contribution in [2.24, 2.45) is 0 Å². The van der Waals surface area contributed by atoms with Crippen LogP contribution in [0.5, 0.6) is 11.5 Å². The van der Waals surface area contributed by atoms with Gasteiger partial charge in [-0.05, 0) is 24.3 Å². The van der Waals surface area contributed by atoms with Crippen LogP contribution in [0.4, 0.5) is 14.5 Å². The summed E-state index contributed by atoms with van der Waals surface area (Å²) in [5, 5.41) is 0. The topological polar surface area (TPSA) is 64.6 Å². The molecular weight excluding hydrogens is 372 g/mol. The van der Waals surface area contributed by atoms with Crippen LogP contribution in [0, 0.1) is 0 Å². The monoisotopic (exact) mass is 387 g/mol. The largest absolute Gasteiger partial charge is 0.490 e. The quantitative estimate of drug-likeness (QED) is 0.787. The van der Waals surface area contributed by atoms with Crippen LogP contribution in [-0.4, -0.2) is 27.4 Å². The first-order chi connectivity index (χ1) is 12.0. The molecule has 0 saturated heterocycles. The van der Waals surface area contributed by atoms with Crippen molar-refractivity contribution in [2.75, 3.05) is 17.9 Å². The van der Waals surface area contributed by atoms with Gasteiger partial charge in [-0.25, -0.2) is 8.42 Å². The summed E-state index contributed by atoms with van der Waals surface area (Å²) >= 11 is 0.282. The lowest BCUT2D eigenvalue weighted by Crippen LogP contribution is -2.14. The number of ether oxygens (including phenoxy) is 2. The van der Waals surface area contributed by atoms with Gasteiger partial charge in [0.1, 0.15) is 0 Å². The van der Waals surface area contributed by atoms with Crippen molar-refractivity contribution in [1.82, 2.24) is 0 Å². The Labute approximate surface area is 148 Å². The molecule has 0 aliphatic carbocycles. The summed E-state index contributed by atoms with van der Waals surface area (Å²) in [4.78, 5) is 0.115. The standard InChI is InChI=1S/C16H15F2NO4S2/c17-16(18)24-15-5-2-1-4-12(15)19-25(20,21)11-6-7-13-14(10-11)23-9-3-8-22-13/h1-2,4-7,10,16,19H,3,8-9H2. The molecule has 1 aliphatic heterocycles. The van der Waals surface area contributed by atoms with Crippen LogP contribution >= 0.6 is 11.8 Å². The van der Waals surface area contributed by atoms with E-state index in [4.69, 9.17) is 9.47 Å². The summed E-state index contributed by atoms with van der Waals surface area (Å²) in [5.74, 6) is -1.83. The zero-order valence-corrected chi connectivity index (χ0v) is 14.6. The van der Waals surface area contributed by atoms with E-state index in [1.54, 1.807) is 12.1 Å². The summed E-state index contributed by atoms with van der Waals surface area (Å²) in [7, 11) is -3.96. The first kappa shape index (κ1) is 17.8. The van der Waals surface area contributed by atoms with Crippen molar-refractivity contribution in [1.29, 1.82) is 0 Å². The normalized spacial score (nSPS) is 14.2. The maximum absolute atomic E-state index is 12.6. The Bertz CT molecular complexity index is 859. The van der Waals surface area contributed by atoms with E-state index in [0.29, 0.717) is 31.1 Å². The highest BCUT2D eigenvalue weighted by Crippen LogP contribution is 2.35. The molecule has 0 unspecified atom stereocenters. The number of benzene rings is 2. The van der Waals surface area contributed by atoms with Crippen molar-refractivity contribution < 1.29 is 26.7 Å². The fourth-order valence-corrected chi connectivity index (χ4v) is 4.02. The second-order valence-electron chi connectivity index (χ2n) is 5.14. The van der Waals surface area contributed by atoms with Crippen LogP contribution in [0.1, 0.15) is 6.42 Å². The van der Waals surface area contributed by atoms with Crippen molar-refractivity contribution in [3.05, 3.63) is 42.5 Å². The van der Waals surface area contributed by atoms with Gasteiger partial charge in [0.25, 0.3) is 15.8 Å². The van der Waals surface area contributed by atoms with Gasteiger partial charge >= 0.3 is 0 Å². The van der Waals surface area contributed by atoms with E-state index >= 15 is 0 Å². The summed E-state index contributed by atoms with van der Waals surface area (Å²) < 4.78 is 63.8. The minimum absolute atomic E-state index is 0.0337. The summed E-state index contributed by atoms with van der Waals surface area (Å²) in [6.07, 6.45) is 0.702. The summed E-state index contributed by atoms with van der Waals surface area (Å²) in [6.45, 7) is 0.924. The highest BCUT2D eigenvalue weighted by molar-refractivity contribution is 7.99. The molecule has 2 aromatic rings. The molecule has 9 heteroatoms. The van der Waals surface area contributed by atoms with Crippen LogP contribution in [0.2, 0.25) is 0 Å². The molecule has 0 amide bonds. The summed E-state index contributed by atoms with van der Waals surface area (Å²) in [6, 6.07) is 10.3. The first-order valence-corrected chi connectivity index (χ1v) is 9.78. The lowest BCUT2D eigenvalue weighted by molar-refractivity contribution is 0.252. The Morgan fingerprint density at radius 1 is 1.04 bits per heavy atom. The fourth-order valence-electron chi connectivity index (χ4n) is 2.26. The number of alkyl halides is 2. The molecule has 2 aromatic carbocycles.